The van der Waals surface area contributed by atoms with Crippen molar-refractivity contribution in [2.75, 3.05) is 10.6 Å². The summed E-state index contributed by atoms with van der Waals surface area (Å²) in [6.45, 7) is 0. The van der Waals surface area contributed by atoms with Gasteiger partial charge < -0.3 is 15.4 Å². The summed E-state index contributed by atoms with van der Waals surface area (Å²) >= 11 is 0. The molecule has 2 N–H and O–H groups in total. The van der Waals surface area contributed by atoms with E-state index in [0.717, 1.165) is 16.6 Å². The van der Waals surface area contributed by atoms with Crippen LogP contribution in [-0.2, 0) is 0 Å². The molecule has 0 atom stereocenters. The smallest absolute Gasteiger partial charge is 0.406 e. The molecule has 4 aromatic rings. The van der Waals surface area contributed by atoms with Gasteiger partial charge in [0.25, 0.3) is 0 Å². The van der Waals surface area contributed by atoms with E-state index in [9.17, 15) is 13.2 Å². The number of anilines is 4. The Morgan fingerprint density at radius 1 is 0.828 bits per heavy atom. The van der Waals surface area contributed by atoms with Crippen LogP contribution in [0.25, 0.3) is 10.9 Å². The molecule has 0 amide bonds. The van der Waals surface area contributed by atoms with Crippen LogP contribution in [0.3, 0.4) is 0 Å². The Labute approximate surface area is 163 Å². The number of hydrogen-bond donors (Lipinski definition) is 2. The number of halogens is 3. The molecule has 0 fully saturated rings. The van der Waals surface area contributed by atoms with E-state index in [0.29, 0.717) is 11.5 Å². The van der Waals surface area contributed by atoms with Gasteiger partial charge in [0.15, 0.2) is 0 Å². The average Bonchev–Trinajstić information content (AvgIpc) is 2.69. The highest BCUT2D eigenvalue weighted by Crippen LogP contribution is 2.25. The van der Waals surface area contributed by atoms with Gasteiger partial charge >= 0.3 is 6.36 Å². The van der Waals surface area contributed by atoms with Gasteiger partial charge in [-0.3, -0.25) is 4.98 Å². The van der Waals surface area contributed by atoms with Crippen LogP contribution in [0.2, 0.25) is 0 Å². The van der Waals surface area contributed by atoms with Crippen molar-refractivity contribution in [3.8, 4) is 5.75 Å². The van der Waals surface area contributed by atoms with Gasteiger partial charge in [-0.2, -0.15) is 4.98 Å². The minimum atomic E-state index is -4.73. The van der Waals surface area contributed by atoms with Gasteiger partial charge in [-0.05, 0) is 42.5 Å². The van der Waals surface area contributed by atoms with Gasteiger partial charge in [-0.25, -0.2) is 4.98 Å². The van der Waals surface area contributed by atoms with Crippen molar-refractivity contribution in [3.63, 3.8) is 0 Å². The van der Waals surface area contributed by atoms with E-state index in [-0.39, 0.29) is 11.7 Å². The molecule has 0 bridgehead atoms. The van der Waals surface area contributed by atoms with E-state index in [1.165, 1.54) is 24.3 Å². The Hall–Kier alpha value is -3.88. The second kappa shape index (κ2) is 7.63. The van der Waals surface area contributed by atoms with E-state index < -0.39 is 6.36 Å². The first-order chi connectivity index (χ1) is 13.9. The zero-order chi connectivity index (χ0) is 20.3. The highest BCUT2D eigenvalue weighted by atomic mass is 19.4. The Morgan fingerprint density at radius 3 is 2.41 bits per heavy atom. The van der Waals surface area contributed by atoms with Crippen molar-refractivity contribution in [2.45, 2.75) is 6.36 Å². The second-order valence-electron chi connectivity index (χ2n) is 6.00. The number of aromatic nitrogens is 3. The fraction of sp³-hybridized carbons (Fsp3) is 0.0500. The molecule has 146 valence electrons. The van der Waals surface area contributed by atoms with Crippen LogP contribution in [0.1, 0.15) is 0 Å². The third kappa shape index (κ3) is 4.89. The van der Waals surface area contributed by atoms with E-state index >= 15 is 0 Å². The largest absolute Gasteiger partial charge is 0.573 e. The summed E-state index contributed by atoms with van der Waals surface area (Å²) in [6, 6.07) is 16.7. The molecule has 0 spiro atoms. The molecule has 0 unspecified atom stereocenters. The van der Waals surface area contributed by atoms with Crippen LogP contribution in [0.4, 0.5) is 36.3 Å². The number of fused-ring (bicyclic) bond motifs is 1. The number of pyridine rings is 1. The summed E-state index contributed by atoms with van der Waals surface area (Å²) in [5, 5.41) is 7.09. The van der Waals surface area contributed by atoms with Crippen LogP contribution in [0, 0.1) is 0 Å². The minimum Gasteiger partial charge on any atom is -0.406 e. The summed E-state index contributed by atoms with van der Waals surface area (Å²) in [6.07, 6.45) is -1.46. The maximum absolute atomic E-state index is 12.2. The van der Waals surface area contributed by atoms with Gasteiger partial charge in [0.05, 0.1) is 17.4 Å². The number of alkyl halides is 3. The van der Waals surface area contributed by atoms with Crippen molar-refractivity contribution in [2.24, 2.45) is 0 Å². The van der Waals surface area contributed by atoms with Crippen LogP contribution in [-0.4, -0.2) is 21.3 Å². The predicted octanol–water partition coefficient (Wildman–Crippen LogP) is 5.41. The number of ether oxygens (including phenoxy) is 1. The molecule has 6 nitrogen and oxygen atoms in total. The summed E-state index contributed by atoms with van der Waals surface area (Å²) < 4.78 is 40.5. The van der Waals surface area contributed by atoms with Gasteiger partial charge in [-0.1, -0.05) is 18.2 Å². The molecule has 0 saturated heterocycles. The fourth-order valence-corrected chi connectivity index (χ4v) is 2.64. The van der Waals surface area contributed by atoms with Gasteiger partial charge in [0, 0.05) is 17.3 Å². The average molecular weight is 397 g/mol. The summed E-state index contributed by atoms with van der Waals surface area (Å²) in [7, 11) is 0. The summed E-state index contributed by atoms with van der Waals surface area (Å²) in [5.74, 6) is 0.521. The van der Waals surface area contributed by atoms with Crippen molar-refractivity contribution in [1.82, 2.24) is 15.0 Å². The van der Waals surface area contributed by atoms with Gasteiger partial charge in [-0.15, -0.1) is 13.2 Å². The normalized spacial score (nSPS) is 11.3. The van der Waals surface area contributed by atoms with Crippen LogP contribution in [0.5, 0.6) is 5.75 Å². The first-order valence-corrected chi connectivity index (χ1v) is 8.52. The molecule has 0 aliphatic rings. The van der Waals surface area contributed by atoms with E-state index in [1.807, 2.05) is 30.3 Å². The topological polar surface area (TPSA) is 72.0 Å². The Morgan fingerprint density at radius 2 is 1.62 bits per heavy atom. The molecule has 0 aliphatic heterocycles. The molecule has 0 radical (unpaired) electrons. The predicted molar refractivity (Wildman–Crippen MR) is 103 cm³/mol. The highest BCUT2D eigenvalue weighted by Gasteiger charge is 2.30. The van der Waals surface area contributed by atoms with Crippen molar-refractivity contribution in [3.05, 3.63) is 73.1 Å². The quantitative estimate of drug-likeness (QED) is 0.469. The van der Waals surface area contributed by atoms with Crippen LogP contribution in [0.15, 0.2) is 73.1 Å². The zero-order valence-corrected chi connectivity index (χ0v) is 14.8. The molecule has 2 heterocycles. The first kappa shape index (κ1) is 18.5. The van der Waals surface area contributed by atoms with Crippen molar-refractivity contribution < 1.29 is 17.9 Å². The van der Waals surface area contributed by atoms with E-state index in [2.05, 4.69) is 30.3 Å². The molecule has 29 heavy (non-hydrogen) atoms. The molecule has 2 aromatic carbocycles. The second-order valence-corrected chi connectivity index (χ2v) is 6.00. The molecular formula is C20H14F3N5O. The number of para-hydroxylation sites is 1. The lowest BCUT2D eigenvalue weighted by atomic mass is 10.2. The summed E-state index contributed by atoms with van der Waals surface area (Å²) in [4.78, 5) is 12.9. The lowest BCUT2D eigenvalue weighted by molar-refractivity contribution is -0.274. The Balaban J connectivity index is 1.46. The Kier molecular flexibility index (Phi) is 4.86. The van der Waals surface area contributed by atoms with E-state index in [1.54, 1.807) is 18.5 Å². The highest BCUT2D eigenvalue weighted by molar-refractivity contribution is 5.82. The lowest BCUT2D eigenvalue weighted by Crippen LogP contribution is -2.17. The number of benzene rings is 2. The number of nitrogens with one attached hydrogen (secondary N) is 2. The Bertz CT molecular complexity index is 1130. The number of hydrogen-bond acceptors (Lipinski definition) is 6. The zero-order valence-electron chi connectivity index (χ0n) is 14.8. The molecule has 9 heteroatoms. The maximum Gasteiger partial charge on any atom is 0.573 e. The molecule has 2 aromatic heterocycles. The monoisotopic (exact) mass is 397 g/mol. The third-order valence-corrected chi connectivity index (χ3v) is 3.86. The molecule has 4 rings (SSSR count). The number of nitrogens with zero attached hydrogens (tertiary/aromatic N) is 3. The SMILES string of the molecule is FC(F)(F)Oc1ccc(Nc2nccc(Nc3cnc4ccccc4c3)n2)cc1. The van der Waals surface area contributed by atoms with Gasteiger partial charge in [0.2, 0.25) is 5.95 Å². The molecule has 0 saturated carbocycles. The molecule has 0 aliphatic carbocycles. The lowest BCUT2D eigenvalue weighted by Gasteiger charge is -2.11. The maximum atomic E-state index is 12.2. The first-order valence-electron chi connectivity index (χ1n) is 8.52. The molecular weight excluding hydrogens is 383 g/mol. The fourth-order valence-electron chi connectivity index (χ4n) is 2.64. The number of rotatable bonds is 5. The van der Waals surface area contributed by atoms with E-state index in [4.69, 9.17) is 0 Å². The standard InChI is InChI=1S/C20H14F3N5O/c21-20(22,23)29-16-7-5-14(6-8-16)27-19-24-10-9-18(28-19)26-15-11-13-3-1-2-4-17(13)25-12-15/h1-12H,(H2,24,26,27,28). The van der Waals surface area contributed by atoms with Gasteiger partial charge in [0.1, 0.15) is 11.6 Å². The van der Waals surface area contributed by atoms with Crippen LogP contribution >= 0.6 is 0 Å². The third-order valence-electron chi connectivity index (χ3n) is 3.86. The summed E-state index contributed by atoms with van der Waals surface area (Å²) in [5.41, 5.74) is 2.17. The van der Waals surface area contributed by atoms with Crippen molar-refractivity contribution in [1.29, 1.82) is 0 Å². The van der Waals surface area contributed by atoms with Crippen molar-refractivity contribution >= 4 is 34.0 Å². The minimum absolute atomic E-state index is 0.285. The van der Waals surface area contributed by atoms with Crippen LogP contribution < -0.4 is 15.4 Å².